The van der Waals surface area contributed by atoms with Gasteiger partial charge in [-0.3, -0.25) is 0 Å². The second-order valence-corrected chi connectivity index (χ2v) is 29.3. The van der Waals surface area contributed by atoms with Gasteiger partial charge in [0.05, 0.1) is 16.8 Å². The zero-order valence-corrected chi connectivity index (χ0v) is 54.6. The van der Waals surface area contributed by atoms with E-state index in [0.29, 0.717) is 22.9 Å². The lowest BCUT2D eigenvalue weighted by Crippen LogP contribution is -2.26. The second-order valence-electron chi connectivity index (χ2n) is 29.3. The first-order valence-corrected chi connectivity index (χ1v) is 31.6. The Labute approximate surface area is 526 Å². The minimum atomic E-state index is -0.920. The number of fused-ring (bicyclic) bond motifs is 14. The standard InChI is InChI=1S/C83H80N4O2/c1-49-23-21-24-50(2)69(49)77-84-73-67(86(57-39-31-53(32-40-57)79(5,6)7)58-41-33-54(34-42-58)80(8,9)10)47-65-71(75(73)88-77)72-66(83(65)63-29-19-17-27-61(63)62-28-18-20-30-64(62)83)48-68(74-76(72)89-78(85-74)70-51(3)25-22-26-52(70)4)87(59-43-35-55(36-44-59)81(11,12)13)60-45-37-56(38-46-60)82(14,15)16/h17-48H,1-16H3. The fourth-order valence-corrected chi connectivity index (χ4v) is 14.3. The summed E-state index contributed by atoms with van der Waals surface area (Å²) in [6, 6.07) is 72.5. The molecule has 10 aromatic carbocycles. The van der Waals surface area contributed by atoms with Crippen LogP contribution in [0.15, 0.2) is 203 Å². The molecule has 0 radical (unpaired) electrons. The quantitative estimate of drug-likeness (QED) is 0.151. The maximum absolute atomic E-state index is 7.75. The van der Waals surface area contributed by atoms with Crippen LogP contribution in [0.5, 0.6) is 0 Å². The number of hydrogen-bond acceptors (Lipinski definition) is 6. The molecule has 12 aromatic rings. The highest BCUT2D eigenvalue weighted by Crippen LogP contribution is 2.67. The topological polar surface area (TPSA) is 58.5 Å². The minimum Gasteiger partial charge on any atom is -0.435 e. The average molecular weight is 1170 g/mol. The normalized spacial score (nSPS) is 13.5. The zero-order valence-electron chi connectivity index (χ0n) is 54.6. The number of benzene rings is 10. The Morgan fingerprint density at radius 1 is 0.315 bits per heavy atom. The third-order valence-corrected chi connectivity index (χ3v) is 19.1. The van der Waals surface area contributed by atoms with Gasteiger partial charge < -0.3 is 18.6 Å². The van der Waals surface area contributed by atoms with Crippen LogP contribution in [0.1, 0.15) is 150 Å². The van der Waals surface area contributed by atoms with Crippen molar-refractivity contribution in [3.8, 4) is 45.2 Å². The highest BCUT2D eigenvalue weighted by molar-refractivity contribution is 6.16. The van der Waals surface area contributed by atoms with E-state index in [1.54, 1.807) is 0 Å². The van der Waals surface area contributed by atoms with E-state index < -0.39 is 5.41 Å². The van der Waals surface area contributed by atoms with E-state index in [0.717, 1.165) is 101 Å². The lowest BCUT2D eigenvalue weighted by atomic mass is 9.70. The van der Waals surface area contributed by atoms with Gasteiger partial charge in [0.25, 0.3) is 0 Å². The van der Waals surface area contributed by atoms with E-state index in [1.165, 1.54) is 44.5 Å². The Kier molecular flexibility index (Phi) is 13.2. The molecule has 0 saturated carbocycles. The van der Waals surface area contributed by atoms with E-state index in [2.05, 4.69) is 315 Å². The van der Waals surface area contributed by atoms with Crippen LogP contribution in [-0.4, -0.2) is 9.97 Å². The second kappa shape index (κ2) is 20.4. The fourth-order valence-electron chi connectivity index (χ4n) is 14.3. The van der Waals surface area contributed by atoms with Crippen molar-refractivity contribution in [2.24, 2.45) is 0 Å². The number of rotatable bonds is 8. The molecule has 0 fully saturated rings. The number of aromatic nitrogens is 2. The molecule has 2 aliphatic carbocycles. The maximum atomic E-state index is 7.75. The summed E-state index contributed by atoms with van der Waals surface area (Å²) in [4.78, 5) is 16.5. The van der Waals surface area contributed by atoms with Crippen molar-refractivity contribution >= 4 is 56.3 Å². The van der Waals surface area contributed by atoms with Gasteiger partial charge in [-0.1, -0.05) is 217 Å². The molecule has 0 bridgehead atoms. The van der Waals surface area contributed by atoms with Crippen LogP contribution < -0.4 is 9.80 Å². The summed E-state index contributed by atoms with van der Waals surface area (Å²) in [5.74, 6) is 1.13. The molecule has 6 heteroatoms. The van der Waals surface area contributed by atoms with Crippen LogP contribution >= 0.6 is 0 Å². The summed E-state index contributed by atoms with van der Waals surface area (Å²) >= 11 is 0. The van der Waals surface area contributed by atoms with Gasteiger partial charge in [0, 0.05) is 45.0 Å². The van der Waals surface area contributed by atoms with Crippen molar-refractivity contribution < 1.29 is 8.83 Å². The van der Waals surface area contributed by atoms with Gasteiger partial charge in [-0.25, -0.2) is 9.97 Å². The molecule has 444 valence electrons. The van der Waals surface area contributed by atoms with Crippen LogP contribution in [0.4, 0.5) is 34.1 Å². The Bertz CT molecular complexity index is 4320. The van der Waals surface area contributed by atoms with Gasteiger partial charge in [0.15, 0.2) is 11.2 Å². The molecule has 2 heterocycles. The zero-order chi connectivity index (χ0) is 62.4. The van der Waals surface area contributed by atoms with E-state index in [4.69, 9.17) is 18.8 Å². The summed E-state index contributed by atoms with van der Waals surface area (Å²) in [6.07, 6.45) is 0. The largest absolute Gasteiger partial charge is 0.435 e. The summed E-state index contributed by atoms with van der Waals surface area (Å²) in [5, 5.41) is 0. The van der Waals surface area contributed by atoms with Crippen LogP contribution in [0.25, 0.3) is 67.4 Å². The molecule has 6 nitrogen and oxygen atoms in total. The van der Waals surface area contributed by atoms with E-state index in [9.17, 15) is 0 Å². The molecule has 0 unspecified atom stereocenters. The van der Waals surface area contributed by atoms with E-state index in [-0.39, 0.29) is 21.7 Å². The Morgan fingerprint density at radius 3 is 0.876 bits per heavy atom. The third kappa shape index (κ3) is 9.18. The highest BCUT2D eigenvalue weighted by atomic mass is 16.4. The van der Waals surface area contributed by atoms with Crippen LogP contribution in [0, 0.1) is 27.7 Å². The molecular weight excluding hydrogens is 1080 g/mol. The van der Waals surface area contributed by atoms with Gasteiger partial charge in [0.2, 0.25) is 11.8 Å². The summed E-state index contributed by atoms with van der Waals surface area (Å²) < 4.78 is 15.5. The lowest BCUT2D eigenvalue weighted by molar-refractivity contribution is 0.590. The molecule has 0 amide bonds. The fraction of sp³-hybridized carbons (Fsp3) is 0.253. The van der Waals surface area contributed by atoms with Gasteiger partial charge in [-0.05, 0) is 188 Å². The van der Waals surface area contributed by atoms with Gasteiger partial charge in [0.1, 0.15) is 11.0 Å². The first-order chi connectivity index (χ1) is 42.3. The first-order valence-electron chi connectivity index (χ1n) is 31.6. The van der Waals surface area contributed by atoms with Crippen molar-refractivity contribution in [2.75, 3.05) is 9.80 Å². The molecule has 0 aliphatic heterocycles. The smallest absolute Gasteiger partial charge is 0.227 e. The molecule has 89 heavy (non-hydrogen) atoms. The van der Waals surface area contributed by atoms with Crippen LogP contribution in [0.2, 0.25) is 0 Å². The van der Waals surface area contributed by atoms with Crippen molar-refractivity contribution in [1.29, 1.82) is 0 Å². The van der Waals surface area contributed by atoms with Crippen LogP contribution in [-0.2, 0) is 27.1 Å². The molecule has 0 N–H and O–H groups in total. The number of anilines is 6. The molecule has 0 atom stereocenters. The lowest BCUT2D eigenvalue weighted by Gasteiger charge is -2.33. The third-order valence-electron chi connectivity index (χ3n) is 19.1. The molecule has 14 rings (SSSR count). The SMILES string of the molecule is Cc1cccc(C)c1-c1nc2c(N(c3ccc(C(C)(C)C)cc3)c3ccc(C(C)(C)C)cc3)cc3c(c2o1)-c1c(cc(N(c2ccc(C(C)(C)C)cc2)c2ccc(C(C)(C)C)cc2)c2nc(-c4c(C)cccc4C)oc12)C31c2ccccc2-c2ccccc21. The van der Waals surface area contributed by atoms with E-state index >= 15 is 0 Å². The number of nitrogens with zero attached hydrogens (tertiary/aromatic N) is 4. The predicted molar refractivity (Wildman–Crippen MR) is 372 cm³/mol. The number of hydrogen-bond donors (Lipinski definition) is 0. The summed E-state index contributed by atoms with van der Waals surface area (Å²) in [5.41, 5.74) is 27.7. The number of aryl methyl sites for hydroxylation is 4. The van der Waals surface area contributed by atoms with Gasteiger partial charge >= 0.3 is 0 Å². The van der Waals surface area contributed by atoms with Gasteiger partial charge in [-0.15, -0.1) is 0 Å². The van der Waals surface area contributed by atoms with Crippen molar-refractivity contribution in [2.45, 2.75) is 138 Å². The van der Waals surface area contributed by atoms with E-state index in [1.807, 2.05) is 0 Å². The summed E-state index contributed by atoms with van der Waals surface area (Å²) in [6.45, 7) is 36.0. The Morgan fingerprint density at radius 2 is 0.596 bits per heavy atom. The Balaban J connectivity index is 1.18. The monoisotopic (exact) mass is 1160 g/mol. The molecular formula is C83H80N4O2. The van der Waals surface area contributed by atoms with Gasteiger partial charge in [-0.2, -0.15) is 0 Å². The first kappa shape index (κ1) is 57.5. The minimum absolute atomic E-state index is 0.0591. The van der Waals surface area contributed by atoms with Crippen LogP contribution in [0.3, 0.4) is 0 Å². The molecule has 1 spiro atoms. The number of oxazole rings is 2. The highest BCUT2D eigenvalue weighted by Gasteiger charge is 2.55. The van der Waals surface area contributed by atoms with Crippen molar-refractivity contribution in [3.05, 3.63) is 261 Å². The molecule has 2 aliphatic rings. The predicted octanol–water partition coefficient (Wildman–Crippen LogP) is 23.0. The maximum Gasteiger partial charge on any atom is 0.227 e. The average Bonchev–Trinajstić information content (AvgIpc) is 1.49. The van der Waals surface area contributed by atoms with Crippen molar-refractivity contribution in [1.82, 2.24) is 9.97 Å². The van der Waals surface area contributed by atoms with Crippen molar-refractivity contribution in [3.63, 3.8) is 0 Å². The Hall–Kier alpha value is -9.26. The molecule has 0 saturated heterocycles. The molecule has 2 aromatic heterocycles. The summed E-state index contributed by atoms with van der Waals surface area (Å²) in [7, 11) is 0.